The molecule has 0 radical (unpaired) electrons. The van der Waals surface area contributed by atoms with Crippen LogP contribution in [-0.2, 0) is 35.8 Å². The lowest BCUT2D eigenvalue weighted by Gasteiger charge is -2.38. The van der Waals surface area contributed by atoms with Crippen molar-refractivity contribution in [2.45, 2.75) is 86.2 Å². The Bertz CT molecular complexity index is 3900. The van der Waals surface area contributed by atoms with E-state index in [1.165, 1.54) is 21.5 Å². The van der Waals surface area contributed by atoms with Crippen molar-refractivity contribution >= 4 is 88.6 Å². The van der Waals surface area contributed by atoms with Crippen molar-refractivity contribution in [1.82, 2.24) is 15.1 Å². The Balaban J connectivity index is 0.00000982. The number of nitrogens with one attached hydrogen (secondary N) is 1. The quantitative estimate of drug-likeness (QED) is 0.0123. The number of unbranched alkanes of at least 4 members (excludes halogenated alkanes) is 1. The Hall–Kier alpha value is -7.72. The highest BCUT2D eigenvalue weighted by molar-refractivity contribution is 6.98. The first-order valence-electron chi connectivity index (χ1n) is 29.8. The van der Waals surface area contributed by atoms with Crippen LogP contribution in [0.3, 0.4) is 0 Å². The molecule has 0 fully saturated rings. The molecule has 2 aliphatic rings. The van der Waals surface area contributed by atoms with Gasteiger partial charge < -0.3 is 35.0 Å². The van der Waals surface area contributed by atoms with E-state index in [0.717, 1.165) is 89.6 Å². The number of allylic oxidation sites excluding steroid dienone is 6. The zero-order chi connectivity index (χ0) is 61.6. The topological polar surface area (TPSA) is 149 Å². The Kier molecular flexibility index (Phi) is 21.3. The monoisotopic (exact) mass is 1180 g/mol. The highest BCUT2D eigenvalue weighted by Crippen LogP contribution is 2.46. The van der Waals surface area contributed by atoms with Gasteiger partial charge in [-0.1, -0.05) is 131 Å². The summed E-state index contributed by atoms with van der Waals surface area (Å²) in [6, 6.07) is 43.6. The maximum absolute atomic E-state index is 12.8. The number of hydrogen-bond donors (Lipinski definition) is 5. The second kappa shape index (κ2) is 28.4. The maximum Gasteiger partial charge on any atom is 0.488 e. The summed E-state index contributed by atoms with van der Waals surface area (Å²) in [5, 5.41) is 52.5. The van der Waals surface area contributed by atoms with E-state index >= 15 is 0 Å². The van der Waals surface area contributed by atoms with Crippen LogP contribution in [0.2, 0.25) is 13.1 Å². The zero-order valence-electron chi connectivity index (χ0n) is 51.5. The van der Waals surface area contributed by atoms with Gasteiger partial charge in [0, 0.05) is 88.8 Å². The van der Waals surface area contributed by atoms with E-state index in [9.17, 15) is 29.7 Å². The van der Waals surface area contributed by atoms with Crippen LogP contribution >= 0.6 is 0 Å². The van der Waals surface area contributed by atoms with E-state index in [1.807, 2.05) is 36.4 Å². The fraction of sp³-hybridized carbons (Fsp3) is 0.292. The molecule has 12 nitrogen and oxygen atoms in total. The smallest absolute Gasteiger partial charge is 0.488 e. The number of ketones is 1. The molecule has 9 rings (SSSR count). The number of hydrogen-bond acceptors (Lipinski definition) is 10. The largest absolute Gasteiger partial charge is 0.496 e. The first-order valence-corrected chi connectivity index (χ1v) is 32.8. The van der Waals surface area contributed by atoms with Gasteiger partial charge in [0.25, 0.3) is 0 Å². The number of amides is 1. The van der Waals surface area contributed by atoms with Gasteiger partial charge in [-0.25, -0.2) is 4.58 Å². The number of benzene rings is 7. The lowest BCUT2D eigenvalue weighted by Crippen LogP contribution is -2.49. The number of rotatable bonds is 25. The van der Waals surface area contributed by atoms with Crippen molar-refractivity contribution in [3.05, 3.63) is 214 Å². The third-order valence-electron chi connectivity index (χ3n) is 17.1. The Morgan fingerprint density at radius 3 is 1.78 bits per heavy atom. The fourth-order valence-electron chi connectivity index (χ4n) is 12.3. The van der Waals surface area contributed by atoms with Gasteiger partial charge in [0.1, 0.15) is 27.9 Å². The van der Waals surface area contributed by atoms with Gasteiger partial charge in [-0.15, -0.1) is 0 Å². The second-order valence-corrected chi connectivity index (χ2v) is 28.4. The predicted octanol–water partition coefficient (Wildman–Crippen LogP) is 9.61. The van der Waals surface area contributed by atoms with Crippen molar-refractivity contribution in [2.24, 2.45) is 0 Å². The van der Waals surface area contributed by atoms with Crippen molar-refractivity contribution in [1.29, 1.82) is 0 Å². The van der Waals surface area contributed by atoms with Crippen molar-refractivity contribution in [3.8, 4) is 16.9 Å². The van der Waals surface area contributed by atoms with Gasteiger partial charge in [0.2, 0.25) is 5.91 Å². The number of carbonyl (C=O) groups is 2. The van der Waals surface area contributed by atoms with Gasteiger partial charge in [-0.3, -0.25) is 19.4 Å². The van der Waals surface area contributed by atoms with E-state index in [1.54, 1.807) is 33.1 Å². The van der Waals surface area contributed by atoms with Gasteiger partial charge in [0.05, 0.1) is 7.11 Å². The number of nitrogens with zero attached hydrogens (tertiary/aromatic N) is 4. The Morgan fingerprint density at radius 1 is 0.644 bits per heavy atom. The molecule has 1 aliphatic carbocycles. The molecule has 87 heavy (non-hydrogen) atoms. The predicted molar refractivity (Wildman–Crippen MR) is 365 cm³/mol. The highest BCUT2D eigenvalue weighted by Gasteiger charge is 2.41. The average molecular weight is 1180 g/mol. The highest BCUT2D eigenvalue weighted by atomic mass is 28.3. The lowest BCUT2D eigenvalue weighted by atomic mass is 9.77. The second-order valence-electron chi connectivity index (χ2n) is 24.0. The van der Waals surface area contributed by atoms with Gasteiger partial charge in [-0.05, 0) is 175 Å². The third-order valence-corrected chi connectivity index (χ3v) is 20.6. The molecular formula is C72H86B2N5O7Si+. The molecule has 7 aromatic rings. The molecule has 1 heterocycles. The summed E-state index contributed by atoms with van der Waals surface area (Å²) >= 11 is 0. The molecule has 0 aromatic heterocycles. The van der Waals surface area contributed by atoms with Crippen LogP contribution in [0.25, 0.3) is 38.2 Å². The summed E-state index contributed by atoms with van der Waals surface area (Å²) in [5.74, 6) is 0.623. The maximum atomic E-state index is 12.8. The van der Waals surface area contributed by atoms with Crippen LogP contribution < -0.4 is 31.1 Å². The summed E-state index contributed by atoms with van der Waals surface area (Å²) in [6.45, 7) is 19.5. The number of ether oxygens (including phenoxy) is 1. The Labute approximate surface area is 517 Å². The minimum absolute atomic E-state index is 0. The summed E-state index contributed by atoms with van der Waals surface area (Å²) in [7, 11) is 4.54. The van der Waals surface area contributed by atoms with Crippen LogP contribution in [-0.4, -0.2) is 129 Å². The van der Waals surface area contributed by atoms with Crippen LogP contribution in [0, 0.1) is 0 Å². The summed E-state index contributed by atoms with van der Waals surface area (Å²) in [6.07, 6.45) is 9.32. The van der Waals surface area contributed by atoms with Crippen LogP contribution in [0.4, 0.5) is 5.69 Å². The normalized spacial score (nSPS) is 13.3. The molecule has 5 N–H and O–H groups in total. The summed E-state index contributed by atoms with van der Waals surface area (Å²) < 4.78 is 8.52. The molecule has 15 heteroatoms. The minimum atomic E-state index is -2.27. The molecule has 450 valence electrons. The fourth-order valence-corrected chi connectivity index (χ4v) is 15.4. The van der Waals surface area contributed by atoms with Crippen molar-refractivity contribution < 1.29 is 39.0 Å². The number of fused-ring (bicyclic) bond motifs is 4. The molecule has 0 saturated heterocycles. The summed E-state index contributed by atoms with van der Waals surface area (Å²) in [5.41, 5.74) is 14.5. The first kappa shape index (κ1) is 65.3. The molecule has 0 atom stereocenters. The molecule has 1 aliphatic heterocycles. The number of methoxy groups -OCH3 is 1. The van der Waals surface area contributed by atoms with Crippen LogP contribution in [0.15, 0.2) is 181 Å². The van der Waals surface area contributed by atoms with Crippen molar-refractivity contribution in [3.63, 3.8) is 0 Å². The molecule has 1 amide bonds. The average Bonchev–Trinajstić information content (AvgIpc) is 0.994. The van der Waals surface area contributed by atoms with E-state index < -0.39 is 22.3 Å². The molecule has 0 spiro atoms. The van der Waals surface area contributed by atoms with E-state index in [2.05, 4.69) is 176 Å². The number of carbonyl (C=O) groups excluding carboxylic acids is 2. The first-order chi connectivity index (χ1) is 41.2. The van der Waals surface area contributed by atoms with Gasteiger partial charge in [0.15, 0.2) is 11.5 Å². The SMILES string of the molecule is C.C=C(C)C(=O)CCCCN(Cc1ccccc1B(O)O)Cc1c2ccccc2c(CN(CCCNC(=O)C(=C)C)Cc2ccccc2B(O)O)c2ccc(-c3ccc(OC)c(C4=C5C=CC(=[N+](C)C)C=C5[Si](C)(C)c5cc(N(C)C)ccc54)c3)cc12. The lowest BCUT2D eigenvalue weighted by molar-refractivity contribution is -0.462. The third kappa shape index (κ3) is 14.5. The van der Waals surface area contributed by atoms with E-state index in [-0.39, 0.29) is 19.1 Å². The van der Waals surface area contributed by atoms with E-state index in [4.69, 9.17) is 4.74 Å². The number of anilines is 1. The molecule has 0 bridgehead atoms. The van der Waals surface area contributed by atoms with Crippen molar-refractivity contribution in [2.75, 3.05) is 59.8 Å². The van der Waals surface area contributed by atoms with Crippen LogP contribution in [0.1, 0.15) is 80.3 Å². The molecular weight excluding hydrogens is 1100 g/mol. The zero-order valence-corrected chi connectivity index (χ0v) is 52.5. The van der Waals surface area contributed by atoms with E-state index in [0.29, 0.717) is 87.1 Å². The Morgan fingerprint density at radius 2 is 1.21 bits per heavy atom. The standard InChI is InChI=1S/C71H81B2N5O7Si.CH4/c1-47(2)66(79)27-18-19-37-77(43-51-21-12-16-25-64(51)72(81)82)46-63-56-24-15-14-23-55(56)62(45-78(38-20-36-74-71(80)48(3)4)44-52-22-13-17-26-65(52)73(83)84)57-32-28-49(39-60(57)63)50-29-35-67(85-9)61(40-50)70-58-33-30-53(75(5)6)41-68(58)86(10,11)69-42-54(76(7)8)31-34-59(69)70;/h12-17,21-26,28-35,39-42,81-84H,1,3,18-20,27,36-38,43-46H2,2,4-11H3;1H4/p+1. The minimum Gasteiger partial charge on any atom is -0.496 e. The number of Topliss-reactive ketones (excluding diaryl/α,β-unsaturated/α-hetero) is 1. The van der Waals surface area contributed by atoms with Gasteiger partial charge >= 0.3 is 14.2 Å². The molecule has 7 aromatic carbocycles. The summed E-state index contributed by atoms with van der Waals surface area (Å²) in [4.78, 5) is 32.4. The van der Waals surface area contributed by atoms with Gasteiger partial charge in [-0.2, -0.15) is 0 Å². The van der Waals surface area contributed by atoms with Crippen LogP contribution in [0.5, 0.6) is 5.75 Å². The molecule has 0 unspecified atom stereocenters. The molecule has 0 saturated carbocycles.